The van der Waals surface area contributed by atoms with Gasteiger partial charge in [0.25, 0.3) is 0 Å². The SMILES string of the molecule is CC1(CO)C(O)CCC2(C)C(CC(=O)N3CCC(C(N)=O)CC3)c3nc(NS(C)(=O)=O)sc3CC12. The van der Waals surface area contributed by atoms with Crippen molar-refractivity contribution in [1.29, 1.82) is 0 Å². The van der Waals surface area contributed by atoms with Crippen molar-refractivity contribution in [3.63, 3.8) is 0 Å². The Bertz CT molecular complexity index is 1100. The first-order valence-electron chi connectivity index (χ1n) is 12.1. The molecule has 0 spiro atoms. The highest BCUT2D eigenvalue weighted by atomic mass is 32.2. The third-order valence-electron chi connectivity index (χ3n) is 8.80. The van der Waals surface area contributed by atoms with Crippen LogP contribution in [-0.4, -0.2) is 72.4 Å². The minimum Gasteiger partial charge on any atom is -0.396 e. The first kappa shape index (κ1) is 26.3. The highest BCUT2D eigenvalue weighted by Gasteiger charge is 2.59. The molecule has 3 aliphatic rings. The van der Waals surface area contributed by atoms with Crippen molar-refractivity contribution in [2.75, 3.05) is 30.7 Å². The number of aliphatic hydroxyl groups excluding tert-OH is 2. The Morgan fingerprint density at radius 1 is 1.26 bits per heavy atom. The second-order valence-corrected chi connectivity index (χ2v) is 13.8. The molecule has 5 unspecified atom stereocenters. The van der Waals surface area contributed by atoms with Crippen molar-refractivity contribution in [1.82, 2.24) is 9.88 Å². The molecule has 10 nitrogen and oxygen atoms in total. The Morgan fingerprint density at radius 2 is 1.91 bits per heavy atom. The van der Waals surface area contributed by atoms with E-state index < -0.39 is 27.0 Å². The van der Waals surface area contributed by atoms with Gasteiger partial charge >= 0.3 is 0 Å². The van der Waals surface area contributed by atoms with Gasteiger partial charge in [-0.05, 0) is 43.4 Å². The average Bonchev–Trinajstić information content (AvgIpc) is 3.18. The number of sulfonamides is 1. The molecule has 1 saturated carbocycles. The fourth-order valence-electron chi connectivity index (χ4n) is 6.57. The fourth-order valence-corrected chi connectivity index (χ4v) is 8.47. The maximum Gasteiger partial charge on any atom is 0.231 e. The van der Waals surface area contributed by atoms with Gasteiger partial charge in [-0.1, -0.05) is 13.8 Å². The summed E-state index contributed by atoms with van der Waals surface area (Å²) in [6.45, 7) is 4.77. The molecule has 35 heavy (non-hydrogen) atoms. The van der Waals surface area contributed by atoms with Gasteiger partial charge < -0.3 is 20.8 Å². The number of carbonyl (C=O) groups excluding carboxylic acids is 2. The largest absolute Gasteiger partial charge is 0.396 e. The summed E-state index contributed by atoms with van der Waals surface area (Å²) in [5.74, 6) is -0.978. The van der Waals surface area contributed by atoms with Gasteiger partial charge in [0.1, 0.15) is 0 Å². The zero-order valence-electron chi connectivity index (χ0n) is 20.5. The number of aromatic nitrogens is 1. The summed E-state index contributed by atoms with van der Waals surface area (Å²) >= 11 is 1.26. The molecule has 2 amide bonds. The van der Waals surface area contributed by atoms with Crippen molar-refractivity contribution in [3.05, 3.63) is 10.6 Å². The van der Waals surface area contributed by atoms with Crippen LogP contribution in [0.25, 0.3) is 0 Å². The van der Waals surface area contributed by atoms with E-state index in [0.29, 0.717) is 45.2 Å². The zero-order valence-corrected chi connectivity index (χ0v) is 22.1. The van der Waals surface area contributed by atoms with Crippen molar-refractivity contribution in [2.45, 2.75) is 64.4 Å². The number of hydrogen-bond donors (Lipinski definition) is 4. The molecule has 1 aromatic heterocycles. The van der Waals surface area contributed by atoms with E-state index in [4.69, 9.17) is 5.73 Å². The minimum absolute atomic E-state index is 0.0341. The maximum absolute atomic E-state index is 13.5. The zero-order chi connectivity index (χ0) is 25.8. The monoisotopic (exact) mass is 528 g/mol. The first-order chi connectivity index (χ1) is 16.3. The number of nitrogens with two attached hydrogens (primary N) is 1. The van der Waals surface area contributed by atoms with Crippen LogP contribution >= 0.6 is 11.3 Å². The van der Waals surface area contributed by atoms with E-state index in [1.807, 2.05) is 6.92 Å². The molecule has 0 bridgehead atoms. The van der Waals surface area contributed by atoms with Gasteiger partial charge in [-0.3, -0.25) is 14.3 Å². The van der Waals surface area contributed by atoms with E-state index in [2.05, 4.69) is 16.6 Å². The molecule has 2 heterocycles. The van der Waals surface area contributed by atoms with Crippen molar-refractivity contribution < 1.29 is 28.2 Å². The van der Waals surface area contributed by atoms with Crippen LogP contribution in [0.3, 0.4) is 0 Å². The lowest BCUT2D eigenvalue weighted by molar-refractivity contribution is -0.148. The number of nitrogens with one attached hydrogen (secondary N) is 1. The third kappa shape index (κ3) is 4.82. The Labute approximate surface area is 210 Å². The van der Waals surface area contributed by atoms with Crippen LogP contribution in [0, 0.1) is 22.7 Å². The van der Waals surface area contributed by atoms with Crippen LogP contribution in [-0.2, 0) is 26.0 Å². The average molecular weight is 529 g/mol. The Morgan fingerprint density at radius 3 is 2.49 bits per heavy atom. The first-order valence-corrected chi connectivity index (χ1v) is 14.8. The standard InChI is InChI=1S/C23H36N4O6S2/c1-22-7-4-17(29)23(2,12-28)16(22)11-15-19(25-21(34-15)26-35(3,32)33)14(22)10-18(30)27-8-5-13(6-9-27)20(24)31/h13-14,16-17,28-29H,4-12H2,1-3H3,(H2,24,31)(H,25,26). The summed E-state index contributed by atoms with van der Waals surface area (Å²) in [5, 5.41) is 21.5. The van der Waals surface area contributed by atoms with Crippen molar-refractivity contribution in [3.8, 4) is 0 Å². The number of nitrogens with zero attached hydrogens (tertiary/aromatic N) is 2. The van der Waals surface area contributed by atoms with E-state index in [-0.39, 0.29) is 47.7 Å². The summed E-state index contributed by atoms with van der Waals surface area (Å²) in [5.41, 5.74) is 5.01. The summed E-state index contributed by atoms with van der Waals surface area (Å²) < 4.78 is 26.2. The molecule has 12 heteroatoms. The number of piperidine rings is 1. The van der Waals surface area contributed by atoms with E-state index >= 15 is 0 Å². The van der Waals surface area contributed by atoms with Crippen LogP contribution < -0.4 is 10.5 Å². The van der Waals surface area contributed by atoms with E-state index in [1.54, 1.807) is 4.90 Å². The summed E-state index contributed by atoms with van der Waals surface area (Å²) in [4.78, 5) is 32.3. The fraction of sp³-hybridized carbons (Fsp3) is 0.783. The number of amides is 2. The van der Waals surface area contributed by atoms with Crippen molar-refractivity contribution in [2.24, 2.45) is 28.4 Å². The van der Waals surface area contributed by atoms with E-state index in [9.17, 15) is 28.2 Å². The number of aliphatic hydroxyl groups is 2. The van der Waals surface area contributed by atoms with Gasteiger partial charge in [0.15, 0.2) is 5.13 Å². The lowest BCUT2D eigenvalue weighted by atomic mass is 9.47. The molecular weight excluding hydrogens is 492 g/mol. The second-order valence-electron chi connectivity index (χ2n) is 11.0. The van der Waals surface area contributed by atoms with E-state index in [0.717, 1.165) is 16.8 Å². The molecule has 1 saturated heterocycles. The van der Waals surface area contributed by atoms with Crippen LogP contribution in [0.4, 0.5) is 5.13 Å². The molecule has 0 radical (unpaired) electrons. The van der Waals surface area contributed by atoms with Gasteiger partial charge in [-0.25, -0.2) is 13.4 Å². The number of primary amides is 1. The normalized spacial score (nSPS) is 33.6. The van der Waals surface area contributed by atoms with Crippen LogP contribution in [0.1, 0.15) is 62.4 Å². The van der Waals surface area contributed by atoms with Gasteiger partial charge in [0.2, 0.25) is 21.8 Å². The molecule has 1 aromatic rings. The van der Waals surface area contributed by atoms with Gasteiger partial charge in [-0.2, -0.15) is 0 Å². The van der Waals surface area contributed by atoms with Gasteiger partial charge in [-0.15, -0.1) is 11.3 Å². The smallest absolute Gasteiger partial charge is 0.231 e. The number of rotatable bonds is 6. The number of thiazole rings is 1. The predicted molar refractivity (Wildman–Crippen MR) is 132 cm³/mol. The van der Waals surface area contributed by atoms with Gasteiger partial charge in [0, 0.05) is 41.6 Å². The molecule has 0 aromatic carbocycles. The van der Waals surface area contributed by atoms with Crippen LogP contribution in [0.2, 0.25) is 0 Å². The molecule has 5 atom stereocenters. The van der Waals surface area contributed by atoms with Crippen LogP contribution in [0.15, 0.2) is 0 Å². The highest BCUT2D eigenvalue weighted by molar-refractivity contribution is 7.92. The molecular formula is C23H36N4O6S2. The molecule has 1 aliphatic heterocycles. The highest BCUT2D eigenvalue weighted by Crippen LogP contribution is 2.63. The van der Waals surface area contributed by atoms with Gasteiger partial charge in [0.05, 0.1) is 24.7 Å². The number of carbonyl (C=O) groups is 2. The predicted octanol–water partition coefficient (Wildman–Crippen LogP) is 1.04. The summed E-state index contributed by atoms with van der Waals surface area (Å²) in [6, 6.07) is 0. The topological polar surface area (TPSA) is 163 Å². The maximum atomic E-state index is 13.5. The lowest BCUT2D eigenvalue weighted by Gasteiger charge is -2.58. The summed E-state index contributed by atoms with van der Waals surface area (Å²) in [7, 11) is -3.52. The third-order valence-corrected chi connectivity index (χ3v) is 10.5. The molecule has 2 aliphatic carbocycles. The minimum atomic E-state index is -3.52. The van der Waals surface area contributed by atoms with E-state index in [1.165, 1.54) is 11.3 Å². The Balaban J connectivity index is 1.68. The molecule has 5 N–H and O–H groups in total. The van der Waals surface area contributed by atoms with Crippen LogP contribution in [0.5, 0.6) is 0 Å². The molecule has 2 fully saturated rings. The number of likely N-dealkylation sites (tertiary alicyclic amines) is 1. The quantitative estimate of drug-likeness (QED) is 0.429. The second kappa shape index (κ2) is 9.28. The summed E-state index contributed by atoms with van der Waals surface area (Å²) in [6.07, 6.45) is 3.42. The Hall–Kier alpha value is -1.76. The lowest BCUT2D eigenvalue weighted by Crippen LogP contribution is -2.58. The number of fused-ring (bicyclic) bond motifs is 2. The number of hydrogen-bond acceptors (Lipinski definition) is 8. The number of anilines is 1. The molecule has 196 valence electrons. The van der Waals surface area contributed by atoms with Crippen molar-refractivity contribution >= 4 is 38.3 Å². The Kier molecular flexibility index (Phi) is 6.97. The molecule has 4 rings (SSSR count).